The van der Waals surface area contributed by atoms with Crippen LogP contribution in [0.2, 0.25) is 0 Å². The molecule has 1 aromatic carbocycles. The van der Waals surface area contributed by atoms with Gasteiger partial charge in [0, 0.05) is 11.7 Å². The van der Waals surface area contributed by atoms with E-state index in [1.165, 1.54) is 0 Å². The van der Waals surface area contributed by atoms with Gasteiger partial charge in [-0.2, -0.15) is 5.26 Å². The molecule has 5 heteroatoms. The minimum absolute atomic E-state index is 0.00204. The van der Waals surface area contributed by atoms with Crippen molar-refractivity contribution in [1.82, 2.24) is 4.90 Å². The molecule has 2 rings (SSSR count). The Morgan fingerprint density at radius 2 is 2.26 bits per heavy atom. The molecule has 0 radical (unpaired) electrons. The number of ether oxygens (including phenoxy) is 1. The zero-order valence-corrected chi connectivity index (χ0v) is 11.1. The Morgan fingerprint density at radius 1 is 1.53 bits per heavy atom. The highest BCUT2D eigenvalue weighted by atomic mass is 16.5. The molecule has 19 heavy (non-hydrogen) atoms. The summed E-state index contributed by atoms with van der Waals surface area (Å²) < 4.78 is 5.55. The maximum Gasteiger partial charge on any atom is 0.248 e. The van der Waals surface area contributed by atoms with Crippen LogP contribution in [0.15, 0.2) is 18.2 Å². The predicted octanol–water partition coefficient (Wildman–Crippen LogP) is 1.45. The maximum absolute atomic E-state index is 11.7. The Hall–Kier alpha value is -2.06. The van der Waals surface area contributed by atoms with Gasteiger partial charge in [-0.25, -0.2) is 0 Å². The average Bonchev–Trinajstić information content (AvgIpc) is 2.39. The Bertz CT molecular complexity index is 534. The molecule has 0 aliphatic carbocycles. The van der Waals surface area contributed by atoms with Crippen LogP contribution in [-0.2, 0) is 9.53 Å². The van der Waals surface area contributed by atoms with Crippen LogP contribution in [0.3, 0.4) is 0 Å². The number of anilines is 1. The number of rotatable bonds is 2. The van der Waals surface area contributed by atoms with Gasteiger partial charge >= 0.3 is 0 Å². The third-order valence-electron chi connectivity index (χ3n) is 3.28. The molecule has 1 heterocycles. The van der Waals surface area contributed by atoms with Crippen molar-refractivity contribution in [3.05, 3.63) is 29.3 Å². The van der Waals surface area contributed by atoms with Crippen LogP contribution in [0, 0.1) is 11.3 Å². The average molecular weight is 259 g/mol. The first-order valence-electron chi connectivity index (χ1n) is 6.23. The van der Waals surface area contributed by atoms with E-state index in [4.69, 9.17) is 15.7 Å². The van der Waals surface area contributed by atoms with Gasteiger partial charge in [-0.15, -0.1) is 0 Å². The number of nitriles is 1. The van der Waals surface area contributed by atoms with Gasteiger partial charge < -0.3 is 15.4 Å². The van der Waals surface area contributed by atoms with Gasteiger partial charge in [0.2, 0.25) is 5.91 Å². The van der Waals surface area contributed by atoms with Gasteiger partial charge in [0.15, 0.2) is 0 Å². The third-order valence-corrected chi connectivity index (χ3v) is 3.28. The zero-order chi connectivity index (χ0) is 14.0. The monoisotopic (exact) mass is 259 g/mol. The molecule has 2 N–H and O–H groups in total. The lowest BCUT2D eigenvalue weighted by Crippen LogP contribution is -2.46. The van der Waals surface area contributed by atoms with E-state index in [-0.39, 0.29) is 24.7 Å². The van der Waals surface area contributed by atoms with E-state index in [9.17, 15) is 4.79 Å². The van der Waals surface area contributed by atoms with Gasteiger partial charge in [0.05, 0.1) is 12.1 Å². The van der Waals surface area contributed by atoms with E-state index in [0.29, 0.717) is 17.8 Å². The normalized spacial score (nSPS) is 19.6. The number of nitrogen functional groups attached to an aromatic ring is 1. The molecule has 100 valence electrons. The van der Waals surface area contributed by atoms with E-state index in [0.717, 1.165) is 5.56 Å². The van der Waals surface area contributed by atoms with Crippen molar-refractivity contribution in [2.45, 2.75) is 26.0 Å². The highest BCUT2D eigenvalue weighted by molar-refractivity contribution is 5.78. The summed E-state index contributed by atoms with van der Waals surface area (Å²) in [5.41, 5.74) is 7.47. The van der Waals surface area contributed by atoms with E-state index >= 15 is 0 Å². The summed E-state index contributed by atoms with van der Waals surface area (Å²) in [4.78, 5) is 13.5. The van der Waals surface area contributed by atoms with Gasteiger partial charge in [-0.1, -0.05) is 6.07 Å². The quantitative estimate of drug-likeness (QED) is 0.815. The lowest BCUT2D eigenvalue weighted by molar-refractivity contribution is -0.151. The van der Waals surface area contributed by atoms with Crippen molar-refractivity contribution in [3.63, 3.8) is 0 Å². The predicted molar refractivity (Wildman–Crippen MR) is 71.1 cm³/mol. The van der Waals surface area contributed by atoms with E-state index in [1.54, 1.807) is 17.0 Å². The van der Waals surface area contributed by atoms with Gasteiger partial charge in [0.25, 0.3) is 0 Å². The van der Waals surface area contributed by atoms with Crippen molar-refractivity contribution in [2.75, 3.05) is 18.9 Å². The number of hydrogen-bond donors (Lipinski definition) is 1. The van der Waals surface area contributed by atoms with Crippen molar-refractivity contribution in [1.29, 1.82) is 5.26 Å². The molecule has 1 amide bonds. The Labute approximate surface area is 112 Å². The van der Waals surface area contributed by atoms with E-state index in [2.05, 4.69) is 6.07 Å². The Morgan fingerprint density at radius 3 is 2.89 bits per heavy atom. The van der Waals surface area contributed by atoms with Crippen LogP contribution < -0.4 is 5.73 Å². The second-order valence-corrected chi connectivity index (χ2v) is 4.90. The first-order chi connectivity index (χ1) is 9.02. The number of carbonyl (C=O) groups excluding carboxylic acids is 1. The molecule has 5 nitrogen and oxygen atoms in total. The fraction of sp³-hybridized carbons (Fsp3) is 0.429. The molecule has 1 unspecified atom stereocenters. The molecule has 0 saturated carbocycles. The summed E-state index contributed by atoms with van der Waals surface area (Å²) in [5.74, 6) is 0.00204. The molecule has 1 aliphatic rings. The summed E-state index contributed by atoms with van der Waals surface area (Å²) in [5, 5.41) is 8.99. The van der Waals surface area contributed by atoms with Gasteiger partial charge in [0.1, 0.15) is 18.8 Å². The summed E-state index contributed by atoms with van der Waals surface area (Å²) >= 11 is 0. The number of nitrogens with zero attached hydrogens (tertiary/aromatic N) is 2. The minimum Gasteiger partial charge on any atom is -0.398 e. The molecule has 1 fully saturated rings. The van der Waals surface area contributed by atoms with Crippen LogP contribution in [0.4, 0.5) is 5.69 Å². The zero-order valence-electron chi connectivity index (χ0n) is 11.1. The minimum atomic E-state index is -0.201. The van der Waals surface area contributed by atoms with E-state index in [1.807, 2.05) is 19.9 Å². The lowest BCUT2D eigenvalue weighted by atomic mass is 10.0. The number of carbonyl (C=O) groups is 1. The molecular formula is C14H17N3O2. The molecule has 1 saturated heterocycles. The summed E-state index contributed by atoms with van der Waals surface area (Å²) in [7, 11) is 0. The smallest absolute Gasteiger partial charge is 0.248 e. The second-order valence-electron chi connectivity index (χ2n) is 4.90. The largest absolute Gasteiger partial charge is 0.398 e. The SMILES string of the molecule is CC(C)N1CC(c2ccc(N)c(C#N)c2)OCC1=O. The molecule has 0 spiro atoms. The first-order valence-corrected chi connectivity index (χ1v) is 6.23. The lowest BCUT2D eigenvalue weighted by Gasteiger charge is -2.35. The van der Waals surface area contributed by atoms with Crippen LogP contribution in [-0.4, -0.2) is 30.0 Å². The molecule has 1 aromatic rings. The maximum atomic E-state index is 11.7. The highest BCUT2D eigenvalue weighted by Gasteiger charge is 2.29. The van der Waals surface area contributed by atoms with Crippen molar-refractivity contribution in [2.24, 2.45) is 0 Å². The van der Waals surface area contributed by atoms with Crippen LogP contribution in [0.5, 0.6) is 0 Å². The van der Waals surface area contributed by atoms with Crippen molar-refractivity contribution in [3.8, 4) is 6.07 Å². The Balaban J connectivity index is 2.23. The first kappa shape index (κ1) is 13.4. The summed E-state index contributed by atoms with van der Waals surface area (Å²) in [6.45, 7) is 4.54. The van der Waals surface area contributed by atoms with Crippen molar-refractivity contribution >= 4 is 11.6 Å². The number of amides is 1. The number of morpholine rings is 1. The standard InChI is InChI=1S/C14H17N3O2/c1-9(2)17-7-13(19-8-14(17)18)10-3-4-12(16)11(5-10)6-15/h3-5,9,13H,7-8,16H2,1-2H3. The van der Waals surface area contributed by atoms with Gasteiger partial charge in [-0.05, 0) is 31.5 Å². The van der Waals surface area contributed by atoms with E-state index < -0.39 is 0 Å². The molecular weight excluding hydrogens is 242 g/mol. The number of hydrogen-bond acceptors (Lipinski definition) is 4. The highest BCUT2D eigenvalue weighted by Crippen LogP contribution is 2.26. The molecule has 0 bridgehead atoms. The summed E-state index contributed by atoms with van der Waals surface area (Å²) in [6.07, 6.45) is -0.201. The fourth-order valence-corrected chi connectivity index (χ4v) is 2.16. The van der Waals surface area contributed by atoms with Crippen LogP contribution in [0.1, 0.15) is 31.1 Å². The van der Waals surface area contributed by atoms with Gasteiger partial charge in [-0.3, -0.25) is 4.79 Å². The van der Waals surface area contributed by atoms with Crippen LogP contribution >= 0.6 is 0 Å². The number of benzene rings is 1. The molecule has 1 atom stereocenters. The van der Waals surface area contributed by atoms with Crippen molar-refractivity contribution < 1.29 is 9.53 Å². The third kappa shape index (κ3) is 2.69. The molecule has 1 aliphatic heterocycles. The second kappa shape index (κ2) is 5.29. The topological polar surface area (TPSA) is 79.3 Å². The summed E-state index contributed by atoms with van der Waals surface area (Å²) in [6, 6.07) is 7.47. The fourth-order valence-electron chi connectivity index (χ4n) is 2.16. The molecule has 0 aromatic heterocycles. The Kier molecular flexibility index (Phi) is 3.72. The van der Waals surface area contributed by atoms with Crippen LogP contribution in [0.25, 0.3) is 0 Å². The number of nitrogens with two attached hydrogens (primary N) is 1.